The monoisotopic (exact) mass is 326 g/mol. The molecule has 0 unspecified atom stereocenters. The molecule has 1 atom stereocenters. The van der Waals surface area contributed by atoms with Gasteiger partial charge in [0.15, 0.2) is 0 Å². The van der Waals surface area contributed by atoms with E-state index in [4.69, 9.17) is 4.74 Å². The number of benzene rings is 1. The van der Waals surface area contributed by atoms with Gasteiger partial charge < -0.3 is 10.1 Å². The Morgan fingerprint density at radius 2 is 1.91 bits per heavy atom. The fourth-order valence-corrected chi connectivity index (χ4v) is 3.89. The van der Waals surface area contributed by atoms with Crippen LogP contribution in [0, 0.1) is 0 Å². The highest BCUT2D eigenvalue weighted by Gasteiger charge is 2.24. The smallest absolute Gasteiger partial charge is 0.253 e. The second-order valence-electron chi connectivity index (χ2n) is 5.10. The lowest BCUT2D eigenvalue weighted by Crippen LogP contribution is -2.30. The molecule has 1 aromatic carbocycles. The summed E-state index contributed by atoms with van der Waals surface area (Å²) in [7, 11) is -3.47. The number of ether oxygens (including phenoxy) is 1. The van der Waals surface area contributed by atoms with E-state index in [1.54, 1.807) is 26.0 Å². The summed E-state index contributed by atoms with van der Waals surface area (Å²) in [5, 5.41) is 2.75. The van der Waals surface area contributed by atoms with Crippen molar-refractivity contribution in [2.24, 2.45) is 0 Å². The fourth-order valence-electron chi connectivity index (χ4n) is 2.43. The van der Waals surface area contributed by atoms with Crippen LogP contribution in [0.1, 0.15) is 26.7 Å². The Bertz CT molecular complexity index is 603. The number of hydrogen-bond donors (Lipinski definition) is 1. The Morgan fingerprint density at radius 1 is 1.27 bits per heavy atom. The van der Waals surface area contributed by atoms with Gasteiger partial charge in [-0.25, -0.2) is 8.42 Å². The molecule has 0 saturated carbocycles. The normalized spacial score (nSPS) is 18.6. The molecule has 22 heavy (non-hydrogen) atoms. The minimum atomic E-state index is -3.47. The zero-order valence-corrected chi connectivity index (χ0v) is 13.7. The molecule has 0 bridgehead atoms. The number of sulfonamides is 1. The molecule has 2 rings (SSSR count). The highest BCUT2D eigenvalue weighted by atomic mass is 32.2. The first-order valence-corrected chi connectivity index (χ1v) is 8.95. The summed E-state index contributed by atoms with van der Waals surface area (Å²) in [4.78, 5) is 12.2. The summed E-state index contributed by atoms with van der Waals surface area (Å²) >= 11 is 0. The van der Waals surface area contributed by atoms with E-state index < -0.39 is 16.1 Å². The van der Waals surface area contributed by atoms with Gasteiger partial charge in [0.05, 0.1) is 4.90 Å². The van der Waals surface area contributed by atoms with Crippen LogP contribution in [0.2, 0.25) is 0 Å². The standard InChI is InChI=1S/C15H22N2O4S/c1-3-17(4-2)22(19,20)13-9-7-12(8-10-13)16-15(18)14-6-5-11-21-14/h7-10,14H,3-6,11H2,1-2H3,(H,16,18)/t14-/m0/s1. The first-order chi connectivity index (χ1) is 10.5. The van der Waals surface area contributed by atoms with Crippen LogP contribution in [0.5, 0.6) is 0 Å². The summed E-state index contributed by atoms with van der Waals surface area (Å²) in [6.45, 7) is 5.07. The molecule has 0 radical (unpaired) electrons. The minimum absolute atomic E-state index is 0.183. The molecular formula is C15H22N2O4S. The average Bonchev–Trinajstić information content (AvgIpc) is 3.03. The third kappa shape index (κ3) is 3.66. The Balaban J connectivity index is 2.08. The average molecular weight is 326 g/mol. The van der Waals surface area contributed by atoms with Crippen molar-refractivity contribution in [1.82, 2.24) is 4.31 Å². The number of rotatable bonds is 6. The molecule has 1 aromatic rings. The van der Waals surface area contributed by atoms with Crippen molar-refractivity contribution in [3.63, 3.8) is 0 Å². The zero-order valence-electron chi connectivity index (χ0n) is 12.9. The van der Waals surface area contributed by atoms with Gasteiger partial charge in [0.25, 0.3) is 5.91 Å². The predicted octanol–water partition coefficient (Wildman–Crippen LogP) is 1.83. The van der Waals surface area contributed by atoms with Crippen LogP contribution in [-0.4, -0.2) is 44.4 Å². The molecule has 1 heterocycles. The topological polar surface area (TPSA) is 75.7 Å². The Kier molecular flexibility index (Phi) is 5.55. The molecule has 1 saturated heterocycles. The van der Waals surface area contributed by atoms with Crippen LogP contribution in [0.4, 0.5) is 5.69 Å². The first kappa shape index (κ1) is 16.9. The van der Waals surface area contributed by atoms with Crippen LogP contribution in [-0.2, 0) is 19.6 Å². The van der Waals surface area contributed by atoms with E-state index in [-0.39, 0.29) is 10.8 Å². The van der Waals surface area contributed by atoms with Gasteiger partial charge >= 0.3 is 0 Å². The van der Waals surface area contributed by atoms with Crippen molar-refractivity contribution < 1.29 is 17.9 Å². The van der Waals surface area contributed by atoms with Crippen LogP contribution in [0.3, 0.4) is 0 Å². The Labute approximate surface area is 131 Å². The molecule has 122 valence electrons. The highest BCUT2D eigenvalue weighted by molar-refractivity contribution is 7.89. The molecule has 1 amide bonds. The molecule has 0 aliphatic carbocycles. The second kappa shape index (κ2) is 7.21. The van der Waals surface area contributed by atoms with E-state index in [1.165, 1.54) is 16.4 Å². The van der Waals surface area contributed by atoms with E-state index in [0.717, 1.165) is 12.8 Å². The van der Waals surface area contributed by atoms with Gasteiger partial charge in [0.2, 0.25) is 10.0 Å². The van der Waals surface area contributed by atoms with Crippen LogP contribution in [0.25, 0.3) is 0 Å². The molecule has 0 spiro atoms. The van der Waals surface area contributed by atoms with Gasteiger partial charge in [-0.3, -0.25) is 4.79 Å². The minimum Gasteiger partial charge on any atom is -0.368 e. The van der Waals surface area contributed by atoms with Crippen molar-refractivity contribution in [3.05, 3.63) is 24.3 Å². The molecule has 6 nitrogen and oxygen atoms in total. The number of nitrogens with one attached hydrogen (secondary N) is 1. The third-order valence-corrected chi connectivity index (χ3v) is 5.75. The summed E-state index contributed by atoms with van der Waals surface area (Å²) in [6.07, 6.45) is 1.21. The van der Waals surface area contributed by atoms with Crippen molar-refractivity contribution >= 4 is 21.6 Å². The Hall–Kier alpha value is -1.44. The summed E-state index contributed by atoms with van der Waals surface area (Å²) in [6, 6.07) is 6.23. The predicted molar refractivity (Wildman–Crippen MR) is 84.2 cm³/mol. The zero-order chi connectivity index (χ0) is 16.2. The van der Waals surface area contributed by atoms with Gasteiger partial charge in [-0.05, 0) is 37.1 Å². The molecule has 7 heteroatoms. The lowest BCUT2D eigenvalue weighted by Gasteiger charge is -2.18. The first-order valence-electron chi connectivity index (χ1n) is 7.51. The largest absolute Gasteiger partial charge is 0.368 e. The summed E-state index contributed by atoms with van der Waals surface area (Å²) in [5.74, 6) is -0.183. The molecule has 1 aliphatic rings. The van der Waals surface area contributed by atoms with Gasteiger partial charge in [-0.2, -0.15) is 4.31 Å². The highest BCUT2D eigenvalue weighted by Crippen LogP contribution is 2.19. The molecule has 0 aromatic heterocycles. The van der Waals surface area contributed by atoms with Crippen LogP contribution < -0.4 is 5.32 Å². The van der Waals surface area contributed by atoms with Gasteiger partial charge in [0, 0.05) is 25.4 Å². The Morgan fingerprint density at radius 3 is 2.41 bits per heavy atom. The van der Waals surface area contributed by atoms with Gasteiger partial charge in [0.1, 0.15) is 6.10 Å². The maximum absolute atomic E-state index is 12.4. The van der Waals surface area contributed by atoms with Crippen molar-refractivity contribution in [1.29, 1.82) is 0 Å². The lowest BCUT2D eigenvalue weighted by molar-refractivity contribution is -0.124. The maximum atomic E-state index is 12.4. The van der Waals surface area contributed by atoms with Crippen molar-refractivity contribution in [3.8, 4) is 0 Å². The molecule has 1 N–H and O–H groups in total. The van der Waals surface area contributed by atoms with Crippen molar-refractivity contribution in [2.75, 3.05) is 25.0 Å². The number of nitrogens with zero attached hydrogens (tertiary/aromatic N) is 1. The van der Waals surface area contributed by atoms with Crippen LogP contribution in [0.15, 0.2) is 29.2 Å². The number of anilines is 1. The van der Waals surface area contributed by atoms with E-state index in [2.05, 4.69) is 5.32 Å². The molecule has 1 aliphatic heterocycles. The second-order valence-corrected chi connectivity index (χ2v) is 7.04. The maximum Gasteiger partial charge on any atom is 0.253 e. The lowest BCUT2D eigenvalue weighted by atomic mass is 10.2. The quantitative estimate of drug-likeness (QED) is 0.865. The van der Waals surface area contributed by atoms with E-state index in [9.17, 15) is 13.2 Å². The van der Waals surface area contributed by atoms with E-state index in [0.29, 0.717) is 25.4 Å². The molecular weight excluding hydrogens is 304 g/mol. The summed E-state index contributed by atoms with van der Waals surface area (Å²) < 4.78 is 31.4. The SMILES string of the molecule is CCN(CC)S(=O)(=O)c1ccc(NC(=O)[C@@H]2CCCO2)cc1. The summed E-state index contributed by atoms with van der Waals surface area (Å²) in [5.41, 5.74) is 0.569. The van der Waals surface area contributed by atoms with Gasteiger partial charge in [-0.15, -0.1) is 0 Å². The van der Waals surface area contributed by atoms with E-state index in [1.807, 2.05) is 0 Å². The van der Waals surface area contributed by atoms with E-state index >= 15 is 0 Å². The fraction of sp³-hybridized carbons (Fsp3) is 0.533. The number of carbonyl (C=O) groups excluding carboxylic acids is 1. The number of amides is 1. The van der Waals surface area contributed by atoms with Crippen LogP contribution >= 0.6 is 0 Å². The van der Waals surface area contributed by atoms with Gasteiger partial charge in [-0.1, -0.05) is 13.8 Å². The van der Waals surface area contributed by atoms with Crippen molar-refractivity contribution in [2.45, 2.75) is 37.7 Å². The number of hydrogen-bond acceptors (Lipinski definition) is 4. The number of carbonyl (C=O) groups is 1. The molecule has 1 fully saturated rings. The third-order valence-electron chi connectivity index (χ3n) is 3.69.